The number of halogens is 2. The second-order valence-corrected chi connectivity index (χ2v) is 5.21. The van der Waals surface area contributed by atoms with E-state index in [4.69, 9.17) is 33.7 Å². The van der Waals surface area contributed by atoms with E-state index < -0.39 is 5.91 Å². The molecule has 110 valence electrons. The van der Waals surface area contributed by atoms with Crippen molar-refractivity contribution < 1.29 is 9.53 Å². The molecule has 0 fully saturated rings. The quantitative estimate of drug-likeness (QED) is 0.855. The molecule has 0 bridgehead atoms. The molecular formula is C15H14Cl2N2O2. The van der Waals surface area contributed by atoms with Crippen molar-refractivity contribution in [3.05, 3.63) is 58.1 Å². The van der Waals surface area contributed by atoms with Crippen molar-refractivity contribution in [3.8, 4) is 5.75 Å². The Morgan fingerprint density at radius 1 is 1.14 bits per heavy atom. The van der Waals surface area contributed by atoms with Gasteiger partial charge in [-0.1, -0.05) is 23.2 Å². The van der Waals surface area contributed by atoms with Crippen molar-refractivity contribution in [2.45, 2.75) is 6.54 Å². The van der Waals surface area contributed by atoms with Crippen LogP contribution in [0.5, 0.6) is 5.75 Å². The molecule has 0 saturated carbocycles. The Morgan fingerprint density at radius 2 is 1.86 bits per heavy atom. The molecule has 2 aromatic rings. The highest BCUT2D eigenvalue weighted by molar-refractivity contribution is 6.33. The van der Waals surface area contributed by atoms with Crippen molar-refractivity contribution in [2.75, 3.05) is 11.9 Å². The van der Waals surface area contributed by atoms with Gasteiger partial charge in [0.1, 0.15) is 5.75 Å². The van der Waals surface area contributed by atoms with Crippen LogP contribution in [0.15, 0.2) is 42.5 Å². The first-order chi connectivity index (χ1) is 10.0. The van der Waals surface area contributed by atoms with Gasteiger partial charge in [0, 0.05) is 22.3 Å². The zero-order valence-electron chi connectivity index (χ0n) is 11.1. The van der Waals surface area contributed by atoms with Crippen LogP contribution in [0.2, 0.25) is 10.0 Å². The highest BCUT2D eigenvalue weighted by atomic mass is 35.5. The molecule has 3 N–H and O–H groups in total. The summed E-state index contributed by atoms with van der Waals surface area (Å²) in [6.07, 6.45) is 0. The second-order valence-electron chi connectivity index (χ2n) is 4.37. The van der Waals surface area contributed by atoms with E-state index in [1.807, 2.05) is 18.2 Å². The van der Waals surface area contributed by atoms with E-state index in [1.165, 1.54) is 0 Å². The molecule has 0 aliphatic carbocycles. The number of rotatable bonds is 6. The Bertz CT molecular complexity index is 630. The number of hydrogen-bond acceptors (Lipinski definition) is 3. The highest BCUT2D eigenvalue weighted by Gasteiger charge is 2.02. The fourth-order valence-corrected chi connectivity index (χ4v) is 2.08. The van der Waals surface area contributed by atoms with Gasteiger partial charge in [0.15, 0.2) is 6.61 Å². The monoisotopic (exact) mass is 324 g/mol. The predicted molar refractivity (Wildman–Crippen MR) is 84.9 cm³/mol. The summed E-state index contributed by atoms with van der Waals surface area (Å²) in [6, 6.07) is 12.5. The van der Waals surface area contributed by atoms with Crippen LogP contribution in [0.25, 0.3) is 0 Å². The summed E-state index contributed by atoms with van der Waals surface area (Å²) in [5, 5.41) is 4.54. The Kier molecular flexibility index (Phi) is 5.31. The van der Waals surface area contributed by atoms with Crippen LogP contribution in [0, 0.1) is 0 Å². The molecule has 4 nitrogen and oxygen atoms in total. The normalized spacial score (nSPS) is 10.2. The number of amides is 1. The lowest BCUT2D eigenvalue weighted by atomic mass is 10.2. The minimum Gasteiger partial charge on any atom is -0.484 e. The summed E-state index contributed by atoms with van der Waals surface area (Å²) in [5.41, 5.74) is 6.82. The SMILES string of the molecule is NC(=O)COc1ccc(NCc2cc(Cl)ccc2Cl)cc1. The number of benzene rings is 2. The molecule has 21 heavy (non-hydrogen) atoms. The third-order valence-corrected chi connectivity index (χ3v) is 3.33. The molecule has 0 heterocycles. The molecular weight excluding hydrogens is 311 g/mol. The van der Waals surface area contributed by atoms with Gasteiger partial charge in [-0.3, -0.25) is 4.79 Å². The van der Waals surface area contributed by atoms with Gasteiger partial charge in [0.25, 0.3) is 5.91 Å². The van der Waals surface area contributed by atoms with Crippen LogP contribution in [0.4, 0.5) is 5.69 Å². The van der Waals surface area contributed by atoms with E-state index in [1.54, 1.807) is 24.3 Å². The van der Waals surface area contributed by atoms with Crippen LogP contribution >= 0.6 is 23.2 Å². The fourth-order valence-electron chi connectivity index (χ4n) is 1.70. The van der Waals surface area contributed by atoms with Crippen molar-refractivity contribution in [1.82, 2.24) is 0 Å². The standard InChI is InChI=1S/C15H14Cl2N2O2/c16-11-1-6-14(17)10(7-11)8-19-12-2-4-13(5-3-12)21-9-15(18)20/h1-7,19H,8-9H2,(H2,18,20). The van der Waals surface area contributed by atoms with Crippen molar-refractivity contribution >= 4 is 34.8 Å². The number of primary amides is 1. The molecule has 0 saturated heterocycles. The van der Waals surface area contributed by atoms with Gasteiger partial charge < -0.3 is 15.8 Å². The summed E-state index contributed by atoms with van der Waals surface area (Å²) >= 11 is 12.0. The Hall–Kier alpha value is -1.91. The number of carbonyl (C=O) groups excluding carboxylic acids is 1. The number of anilines is 1. The Labute approximate surface area is 132 Å². The van der Waals surface area contributed by atoms with Crippen molar-refractivity contribution in [1.29, 1.82) is 0 Å². The molecule has 2 aromatic carbocycles. The maximum atomic E-state index is 10.6. The van der Waals surface area contributed by atoms with Crippen LogP contribution in [-0.2, 0) is 11.3 Å². The van der Waals surface area contributed by atoms with Crippen LogP contribution in [-0.4, -0.2) is 12.5 Å². The zero-order chi connectivity index (χ0) is 15.2. The number of nitrogens with two attached hydrogens (primary N) is 1. The number of hydrogen-bond donors (Lipinski definition) is 2. The molecule has 2 rings (SSSR count). The van der Waals surface area contributed by atoms with Crippen LogP contribution < -0.4 is 15.8 Å². The van der Waals surface area contributed by atoms with Gasteiger partial charge in [-0.2, -0.15) is 0 Å². The van der Waals surface area contributed by atoms with Crippen molar-refractivity contribution in [3.63, 3.8) is 0 Å². The van der Waals surface area contributed by atoms with E-state index >= 15 is 0 Å². The maximum Gasteiger partial charge on any atom is 0.255 e. The summed E-state index contributed by atoms with van der Waals surface area (Å²) in [5.74, 6) is 0.0768. The smallest absolute Gasteiger partial charge is 0.255 e. The molecule has 0 aromatic heterocycles. The van der Waals surface area contributed by atoms with E-state index in [2.05, 4.69) is 5.32 Å². The topological polar surface area (TPSA) is 64.4 Å². The lowest BCUT2D eigenvalue weighted by Gasteiger charge is -2.09. The zero-order valence-corrected chi connectivity index (χ0v) is 12.6. The van der Waals surface area contributed by atoms with Gasteiger partial charge in [-0.25, -0.2) is 0 Å². The molecule has 0 aliphatic heterocycles. The van der Waals surface area contributed by atoms with E-state index in [0.29, 0.717) is 22.3 Å². The minimum atomic E-state index is -0.507. The summed E-state index contributed by atoms with van der Waals surface area (Å²) in [7, 11) is 0. The Balaban J connectivity index is 1.94. The largest absolute Gasteiger partial charge is 0.484 e. The first-order valence-electron chi connectivity index (χ1n) is 6.23. The lowest BCUT2D eigenvalue weighted by molar-refractivity contribution is -0.119. The average Bonchev–Trinajstić information content (AvgIpc) is 2.47. The summed E-state index contributed by atoms with van der Waals surface area (Å²) in [4.78, 5) is 10.6. The molecule has 0 radical (unpaired) electrons. The number of carbonyl (C=O) groups is 1. The van der Waals surface area contributed by atoms with Gasteiger partial charge in [0.2, 0.25) is 0 Å². The highest BCUT2D eigenvalue weighted by Crippen LogP contribution is 2.22. The van der Waals surface area contributed by atoms with Gasteiger partial charge in [0.05, 0.1) is 0 Å². The van der Waals surface area contributed by atoms with Crippen LogP contribution in [0.3, 0.4) is 0 Å². The van der Waals surface area contributed by atoms with Gasteiger partial charge in [-0.15, -0.1) is 0 Å². The number of nitrogens with one attached hydrogen (secondary N) is 1. The molecule has 0 atom stereocenters. The molecule has 1 amide bonds. The first kappa shape index (κ1) is 15.5. The molecule has 0 spiro atoms. The van der Waals surface area contributed by atoms with Gasteiger partial charge in [-0.05, 0) is 48.0 Å². The fraction of sp³-hybridized carbons (Fsp3) is 0.133. The van der Waals surface area contributed by atoms with E-state index in [-0.39, 0.29) is 6.61 Å². The Morgan fingerprint density at radius 3 is 2.52 bits per heavy atom. The second kappa shape index (κ2) is 7.20. The lowest BCUT2D eigenvalue weighted by Crippen LogP contribution is -2.19. The first-order valence-corrected chi connectivity index (χ1v) is 6.99. The average molecular weight is 325 g/mol. The van der Waals surface area contributed by atoms with E-state index in [0.717, 1.165) is 11.3 Å². The predicted octanol–water partition coefficient (Wildman–Crippen LogP) is 3.47. The minimum absolute atomic E-state index is 0.134. The molecule has 6 heteroatoms. The van der Waals surface area contributed by atoms with Crippen LogP contribution in [0.1, 0.15) is 5.56 Å². The molecule has 0 aliphatic rings. The summed E-state index contributed by atoms with van der Waals surface area (Å²) in [6.45, 7) is 0.422. The van der Waals surface area contributed by atoms with E-state index in [9.17, 15) is 4.79 Å². The third-order valence-electron chi connectivity index (χ3n) is 2.73. The van der Waals surface area contributed by atoms with Crippen molar-refractivity contribution in [2.24, 2.45) is 5.73 Å². The van der Waals surface area contributed by atoms with Gasteiger partial charge >= 0.3 is 0 Å². The maximum absolute atomic E-state index is 10.6. The molecule has 0 unspecified atom stereocenters. The summed E-state index contributed by atoms with van der Waals surface area (Å²) < 4.78 is 5.18. The number of ether oxygens (including phenoxy) is 1. The third kappa shape index (κ3) is 4.85.